The Kier molecular flexibility index (Phi) is 7.13. The minimum Gasteiger partial charge on any atom is -0.207 e. The van der Waals surface area contributed by atoms with E-state index in [1.54, 1.807) is 24.3 Å². The summed E-state index contributed by atoms with van der Waals surface area (Å²) >= 11 is 0. The Morgan fingerprint density at radius 2 is 1.21 bits per heavy atom. The van der Waals surface area contributed by atoms with Crippen molar-refractivity contribution < 1.29 is 17.6 Å². The van der Waals surface area contributed by atoms with Crippen molar-refractivity contribution in [3.8, 4) is 11.8 Å². The first-order valence-electron chi connectivity index (χ1n) is 11.0. The summed E-state index contributed by atoms with van der Waals surface area (Å²) in [6, 6.07) is 17.8. The van der Waals surface area contributed by atoms with Gasteiger partial charge >= 0.3 is 0 Å². The van der Waals surface area contributed by atoms with E-state index < -0.39 is 23.3 Å². The van der Waals surface area contributed by atoms with E-state index in [-0.39, 0.29) is 12.0 Å². The van der Waals surface area contributed by atoms with E-state index in [0.717, 1.165) is 23.3 Å². The maximum absolute atomic E-state index is 14.4. The SMILES string of the molecule is C=CCCc1cc(F)c(CCc2ccc(C#Cc3ccc4cc(F)c(F)cc4c3)cc2)c(F)c1. The smallest absolute Gasteiger partial charge is 0.159 e. The van der Waals surface area contributed by atoms with E-state index in [9.17, 15) is 17.6 Å². The van der Waals surface area contributed by atoms with Crippen molar-refractivity contribution in [3.05, 3.63) is 130 Å². The summed E-state index contributed by atoms with van der Waals surface area (Å²) in [6.07, 6.45) is 3.73. The van der Waals surface area contributed by atoms with Crippen molar-refractivity contribution >= 4 is 10.8 Å². The zero-order chi connectivity index (χ0) is 24.1. The number of hydrogen-bond acceptors (Lipinski definition) is 0. The van der Waals surface area contributed by atoms with Gasteiger partial charge in [0.2, 0.25) is 0 Å². The van der Waals surface area contributed by atoms with Crippen molar-refractivity contribution in [1.29, 1.82) is 0 Å². The molecule has 0 N–H and O–H groups in total. The number of rotatable bonds is 6. The van der Waals surface area contributed by atoms with Crippen LogP contribution in [0.3, 0.4) is 0 Å². The molecule has 34 heavy (non-hydrogen) atoms. The number of benzene rings is 4. The largest absolute Gasteiger partial charge is 0.207 e. The van der Waals surface area contributed by atoms with Gasteiger partial charge in [-0.1, -0.05) is 36.1 Å². The van der Waals surface area contributed by atoms with Crippen LogP contribution in [-0.4, -0.2) is 0 Å². The van der Waals surface area contributed by atoms with E-state index in [4.69, 9.17) is 0 Å². The standard InChI is InChI=1S/C30H22F4/c1-2-3-4-23-16-27(31)26(28(32)17-23)14-12-21-7-5-20(6-8-21)9-10-22-11-13-24-18-29(33)30(34)19-25(24)15-22/h2,5-8,11,13,15-19H,1,3-4,12,14H2. The third kappa shape index (κ3) is 5.55. The molecular weight excluding hydrogens is 436 g/mol. The van der Waals surface area contributed by atoms with Crippen molar-refractivity contribution in [2.24, 2.45) is 0 Å². The van der Waals surface area contributed by atoms with Crippen LogP contribution in [-0.2, 0) is 19.3 Å². The van der Waals surface area contributed by atoms with Crippen molar-refractivity contribution in [2.45, 2.75) is 25.7 Å². The molecule has 0 bridgehead atoms. The van der Waals surface area contributed by atoms with E-state index in [2.05, 4.69) is 18.4 Å². The Hall–Kier alpha value is -3.84. The first kappa shape index (κ1) is 23.3. The van der Waals surface area contributed by atoms with Gasteiger partial charge in [0.15, 0.2) is 11.6 Å². The highest BCUT2D eigenvalue weighted by molar-refractivity contribution is 5.84. The molecule has 0 saturated heterocycles. The number of halogens is 4. The Bertz CT molecular complexity index is 1380. The lowest BCUT2D eigenvalue weighted by molar-refractivity contribution is 0.511. The van der Waals surface area contributed by atoms with Crippen LogP contribution in [0.4, 0.5) is 17.6 Å². The molecule has 0 unspecified atom stereocenters. The molecule has 0 heterocycles. The fourth-order valence-electron chi connectivity index (χ4n) is 3.80. The van der Waals surface area contributed by atoms with E-state index >= 15 is 0 Å². The predicted octanol–water partition coefficient (Wildman–Crippen LogP) is 7.70. The minimum atomic E-state index is -0.892. The van der Waals surface area contributed by atoms with Gasteiger partial charge in [0, 0.05) is 16.7 Å². The Balaban J connectivity index is 1.43. The molecule has 0 atom stereocenters. The maximum Gasteiger partial charge on any atom is 0.159 e. The summed E-state index contributed by atoms with van der Waals surface area (Å²) in [5.74, 6) is 3.28. The van der Waals surface area contributed by atoms with Crippen LogP contribution in [0.5, 0.6) is 0 Å². The van der Waals surface area contributed by atoms with Gasteiger partial charge in [-0.15, -0.1) is 6.58 Å². The second-order valence-electron chi connectivity index (χ2n) is 8.14. The van der Waals surface area contributed by atoms with Crippen LogP contribution in [0.25, 0.3) is 10.8 Å². The van der Waals surface area contributed by atoms with Gasteiger partial charge in [-0.25, -0.2) is 17.6 Å². The van der Waals surface area contributed by atoms with Gasteiger partial charge in [-0.3, -0.25) is 0 Å². The Labute approximate surface area is 196 Å². The molecule has 0 spiro atoms. The van der Waals surface area contributed by atoms with Gasteiger partial charge in [0.1, 0.15) is 11.6 Å². The van der Waals surface area contributed by atoms with Crippen LogP contribution >= 0.6 is 0 Å². The van der Waals surface area contributed by atoms with Crippen LogP contribution in [0.1, 0.15) is 34.2 Å². The molecule has 4 aromatic carbocycles. The Morgan fingerprint density at radius 3 is 1.88 bits per heavy atom. The number of hydrogen-bond donors (Lipinski definition) is 0. The van der Waals surface area contributed by atoms with Gasteiger partial charge in [0.25, 0.3) is 0 Å². The van der Waals surface area contributed by atoms with Crippen molar-refractivity contribution in [1.82, 2.24) is 0 Å². The number of fused-ring (bicyclic) bond motifs is 1. The topological polar surface area (TPSA) is 0 Å². The van der Waals surface area contributed by atoms with Crippen LogP contribution in [0, 0.1) is 35.1 Å². The monoisotopic (exact) mass is 458 g/mol. The van der Waals surface area contributed by atoms with Crippen LogP contribution in [0.15, 0.2) is 79.4 Å². The summed E-state index contributed by atoms with van der Waals surface area (Å²) in [4.78, 5) is 0. The molecule has 0 aliphatic rings. The molecule has 0 aliphatic heterocycles. The zero-order valence-electron chi connectivity index (χ0n) is 18.5. The summed E-state index contributed by atoms with van der Waals surface area (Å²) in [6.45, 7) is 3.63. The summed E-state index contributed by atoms with van der Waals surface area (Å²) in [5, 5.41) is 1.18. The summed E-state index contributed by atoms with van der Waals surface area (Å²) in [5.41, 5.74) is 3.13. The first-order valence-corrected chi connectivity index (χ1v) is 11.0. The van der Waals surface area contributed by atoms with Gasteiger partial charge in [0.05, 0.1) is 0 Å². The Morgan fingerprint density at radius 1 is 0.588 bits per heavy atom. The van der Waals surface area contributed by atoms with Crippen molar-refractivity contribution in [2.75, 3.05) is 0 Å². The van der Waals surface area contributed by atoms with Crippen LogP contribution in [0.2, 0.25) is 0 Å². The summed E-state index contributed by atoms with van der Waals surface area (Å²) < 4.78 is 55.6. The molecule has 0 aromatic heterocycles. The quantitative estimate of drug-likeness (QED) is 0.158. The highest BCUT2D eigenvalue weighted by Gasteiger charge is 2.11. The third-order valence-corrected chi connectivity index (χ3v) is 5.69. The van der Waals surface area contributed by atoms with Gasteiger partial charge in [-0.05, 0) is 96.1 Å². The number of aryl methyl sites for hydroxylation is 2. The van der Waals surface area contributed by atoms with Crippen molar-refractivity contribution in [3.63, 3.8) is 0 Å². The van der Waals surface area contributed by atoms with Crippen LogP contribution < -0.4 is 0 Å². The lowest BCUT2D eigenvalue weighted by Crippen LogP contribution is -2.01. The zero-order valence-corrected chi connectivity index (χ0v) is 18.5. The average Bonchev–Trinajstić information content (AvgIpc) is 2.82. The lowest BCUT2D eigenvalue weighted by Gasteiger charge is -2.08. The molecule has 0 nitrogen and oxygen atoms in total. The summed E-state index contributed by atoms with van der Waals surface area (Å²) in [7, 11) is 0. The molecule has 4 heteroatoms. The average molecular weight is 458 g/mol. The molecule has 170 valence electrons. The third-order valence-electron chi connectivity index (χ3n) is 5.69. The fraction of sp³-hybridized carbons (Fsp3) is 0.133. The molecule has 0 aliphatic carbocycles. The first-order chi connectivity index (χ1) is 16.4. The van der Waals surface area contributed by atoms with Gasteiger partial charge < -0.3 is 0 Å². The second kappa shape index (κ2) is 10.4. The molecule has 4 rings (SSSR count). The van der Waals surface area contributed by atoms with Gasteiger partial charge in [-0.2, -0.15) is 0 Å². The molecule has 0 saturated carbocycles. The second-order valence-corrected chi connectivity index (χ2v) is 8.14. The fourth-order valence-corrected chi connectivity index (χ4v) is 3.80. The lowest BCUT2D eigenvalue weighted by atomic mass is 10.00. The maximum atomic E-state index is 14.4. The van der Waals surface area contributed by atoms with E-state index in [1.807, 2.05) is 24.3 Å². The normalized spacial score (nSPS) is 10.7. The minimum absolute atomic E-state index is 0.0962. The van der Waals surface area contributed by atoms with E-state index in [1.165, 1.54) is 12.1 Å². The highest BCUT2D eigenvalue weighted by atomic mass is 19.2. The molecular formula is C30H22F4. The molecule has 0 fully saturated rings. The predicted molar refractivity (Wildman–Crippen MR) is 129 cm³/mol. The molecule has 4 aromatic rings. The number of allylic oxidation sites excluding steroid dienone is 1. The molecule has 0 amide bonds. The highest BCUT2D eigenvalue weighted by Crippen LogP contribution is 2.21. The van der Waals surface area contributed by atoms with E-state index in [0.29, 0.717) is 41.2 Å². The molecule has 0 radical (unpaired) electrons.